The van der Waals surface area contributed by atoms with Gasteiger partial charge in [-0.3, -0.25) is 19.2 Å². The van der Waals surface area contributed by atoms with Gasteiger partial charge in [0.05, 0.1) is 11.8 Å². The van der Waals surface area contributed by atoms with Crippen molar-refractivity contribution in [2.45, 2.75) is 130 Å². The van der Waals surface area contributed by atoms with Crippen molar-refractivity contribution in [1.82, 2.24) is 0 Å². The van der Waals surface area contributed by atoms with Gasteiger partial charge >= 0.3 is 23.9 Å². The van der Waals surface area contributed by atoms with Crippen molar-refractivity contribution in [3.63, 3.8) is 0 Å². The standard InChI is InChI=1S/C34H50N4O10.ClH/c1-17(39)43-16-26-28(44-18(2)40)29(45-19(3)41)30(46-20(4)42)31(47-26)48-27-10-9-24-23-8-7-21-15-22(37-38-32(35)36)11-13-33(21,5)25(23)12-14-34(24,27)6;/h15,23-31H,7-14,16H2,1-6H3,(H4,35,36,38);1H. The predicted molar refractivity (Wildman–Crippen MR) is 179 cm³/mol. The van der Waals surface area contributed by atoms with E-state index in [9.17, 15) is 19.2 Å². The monoisotopic (exact) mass is 710 g/mol. The maximum atomic E-state index is 12.4. The Balaban J connectivity index is 0.00000541. The van der Waals surface area contributed by atoms with Gasteiger partial charge in [0, 0.05) is 27.7 Å². The van der Waals surface area contributed by atoms with Crippen molar-refractivity contribution in [1.29, 1.82) is 0 Å². The van der Waals surface area contributed by atoms with Crippen molar-refractivity contribution < 1.29 is 47.6 Å². The SMILES string of the molecule is CC(=O)OCC1OC(OC2CCC3C4CCC5=CC(=NN=C(N)N)CCC5(C)C4CCC23C)C(OC(C)=O)C(OC(C)=O)C1OC(C)=O.Cl. The normalized spacial score (nSPS) is 38.7. The van der Waals surface area contributed by atoms with E-state index in [1.807, 2.05) is 0 Å². The van der Waals surface area contributed by atoms with Gasteiger partial charge in [0.15, 0.2) is 24.6 Å². The lowest BCUT2D eigenvalue weighted by molar-refractivity contribution is -0.324. The van der Waals surface area contributed by atoms with Crippen LogP contribution < -0.4 is 11.5 Å². The lowest BCUT2D eigenvalue weighted by atomic mass is 9.47. The topological polar surface area (TPSA) is 200 Å². The highest BCUT2D eigenvalue weighted by atomic mass is 35.5. The molecule has 14 nitrogen and oxygen atoms in total. The lowest BCUT2D eigenvalue weighted by Crippen LogP contribution is -2.63. The van der Waals surface area contributed by atoms with Crippen LogP contribution >= 0.6 is 12.4 Å². The number of hydrogen-bond acceptors (Lipinski definition) is 12. The fraction of sp³-hybridized carbons (Fsp3) is 0.765. The molecular formula is C34H51ClN4O10. The van der Waals surface area contributed by atoms with Crippen LogP contribution in [0.5, 0.6) is 0 Å². The smallest absolute Gasteiger partial charge is 0.303 e. The van der Waals surface area contributed by atoms with Gasteiger partial charge in [-0.2, -0.15) is 5.10 Å². The Morgan fingerprint density at radius 3 is 2.12 bits per heavy atom. The van der Waals surface area contributed by atoms with E-state index >= 15 is 0 Å². The number of rotatable bonds is 8. The summed E-state index contributed by atoms with van der Waals surface area (Å²) >= 11 is 0. The summed E-state index contributed by atoms with van der Waals surface area (Å²) in [5, 5.41) is 8.14. The molecule has 3 saturated carbocycles. The number of esters is 4. The molecule has 5 aliphatic rings. The van der Waals surface area contributed by atoms with Gasteiger partial charge in [-0.1, -0.05) is 19.4 Å². The third-order valence-electron chi connectivity index (χ3n) is 11.4. The average Bonchev–Trinajstić information content (AvgIpc) is 3.33. The van der Waals surface area contributed by atoms with E-state index < -0.39 is 54.6 Å². The van der Waals surface area contributed by atoms with Gasteiger partial charge in [0.25, 0.3) is 0 Å². The maximum absolute atomic E-state index is 12.4. The first-order valence-electron chi connectivity index (χ1n) is 16.9. The Morgan fingerprint density at radius 1 is 0.837 bits per heavy atom. The number of nitrogens with zero attached hydrogens (tertiary/aromatic N) is 2. The molecule has 0 spiro atoms. The molecule has 15 heteroatoms. The molecule has 4 N–H and O–H groups in total. The van der Waals surface area contributed by atoms with Crippen LogP contribution in [0.4, 0.5) is 0 Å². The molecule has 0 aromatic heterocycles. The van der Waals surface area contributed by atoms with Crippen LogP contribution in [0.15, 0.2) is 21.9 Å². The zero-order valence-electron chi connectivity index (χ0n) is 29.2. The maximum Gasteiger partial charge on any atom is 0.303 e. The number of hydrogen-bond donors (Lipinski definition) is 2. The van der Waals surface area contributed by atoms with Crippen LogP contribution in [0, 0.1) is 28.6 Å². The average molecular weight is 711 g/mol. The fourth-order valence-corrected chi connectivity index (χ4v) is 9.41. The van der Waals surface area contributed by atoms with Crippen molar-refractivity contribution in [2.75, 3.05) is 6.61 Å². The number of allylic oxidation sites excluding steroid dienone is 2. The van der Waals surface area contributed by atoms with Gasteiger partial charge in [0.2, 0.25) is 5.96 Å². The first kappa shape index (κ1) is 38.6. The van der Waals surface area contributed by atoms with E-state index in [1.54, 1.807) is 0 Å². The number of ether oxygens (including phenoxy) is 6. The highest BCUT2D eigenvalue weighted by Gasteiger charge is 2.61. The molecule has 0 aromatic carbocycles. The quantitative estimate of drug-likeness (QED) is 0.122. The predicted octanol–water partition coefficient (Wildman–Crippen LogP) is 3.47. The largest absolute Gasteiger partial charge is 0.463 e. The minimum Gasteiger partial charge on any atom is -0.463 e. The van der Waals surface area contributed by atoms with Crippen LogP contribution in [0.1, 0.15) is 92.9 Å². The number of nitrogens with two attached hydrogens (primary N) is 2. The number of carbonyl (C=O) groups is 4. The molecule has 0 radical (unpaired) electrons. The fourth-order valence-electron chi connectivity index (χ4n) is 9.41. The van der Waals surface area contributed by atoms with E-state index in [-0.39, 0.29) is 41.9 Å². The Morgan fingerprint density at radius 2 is 1.49 bits per heavy atom. The zero-order chi connectivity index (χ0) is 35.0. The van der Waals surface area contributed by atoms with Gasteiger partial charge < -0.3 is 39.9 Å². The molecule has 1 aliphatic heterocycles. The molecule has 0 bridgehead atoms. The van der Waals surface area contributed by atoms with Crippen molar-refractivity contribution in [3.8, 4) is 0 Å². The molecule has 11 atom stereocenters. The Labute approximate surface area is 293 Å². The first-order chi connectivity index (χ1) is 22.6. The van der Waals surface area contributed by atoms with Gasteiger partial charge in [0.1, 0.15) is 12.7 Å². The summed E-state index contributed by atoms with van der Waals surface area (Å²) in [4.78, 5) is 48.5. The van der Waals surface area contributed by atoms with E-state index in [0.717, 1.165) is 57.1 Å². The summed E-state index contributed by atoms with van der Waals surface area (Å²) in [7, 11) is 0. The number of guanidine groups is 1. The summed E-state index contributed by atoms with van der Waals surface area (Å²) in [6.45, 7) is 9.27. The molecule has 4 aliphatic carbocycles. The molecule has 5 rings (SSSR count). The second-order valence-electron chi connectivity index (χ2n) is 14.4. The molecule has 49 heavy (non-hydrogen) atoms. The molecular weight excluding hydrogens is 660 g/mol. The van der Waals surface area contributed by atoms with Gasteiger partial charge in [-0.25, -0.2) is 0 Å². The highest BCUT2D eigenvalue weighted by molar-refractivity contribution is 5.97. The Hall–Kier alpha value is -3.23. The van der Waals surface area contributed by atoms with Crippen molar-refractivity contribution in [3.05, 3.63) is 11.6 Å². The Bertz CT molecular complexity index is 1380. The van der Waals surface area contributed by atoms with Crippen LogP contribution in [0.2, 0.25) is 0 Å². The molecule has 1 heterocycles. The van der Waals surface area contributed by atoms with Crippen LogP contribution in [0.3, 0.4) is 0 Å². The summed E-state index contributed by atoms with van der Waals surface area (Å²) in [6.07, 6.45) is 3.58. The summed E-state index contributed by atoms with van der Waals surface area (Å²) in [5.41, 5.74) is 13.2. The second kappa shape index (κ2) is 15.3. The summed E-state index contributed by atoms with van der Waals surface area (Å²) < 4.78 is 35.2. The second-order valence-corrected chi connectivity index (χ2v) is 14.4. The number of halogens is 1. The lowest BCUT2D eigenvalue weighted by Gasteiger charge is -2.58. The van der Waals surface area contributed by atoms with Crippen molar-refractivity contribution >= 4 is 48.0 Å². The molecule has 4 fully saturated rings. The van der Waals surface area contributed by atoms with E-state index in [2.05, 4.69) is 30.1 Å². The summed E-state index contributed by atoms with van der Waals surface area (Å²) in [5.74, 6) is -1.19. The highest BCUT2D eigenvalue weighted by Crippen LogP contribution is 2.65. The van der Waals surface area contributed by atoms with Crippen LogP contribution in [-0.2, 0) is 47.6 Å². The summed E-state index contributed by atoms with van der Waals surface area (Å²) in [6, 6.07) is 0. The van der Waals surface area contributed by atoms with Gasteiger partial charge in [-0.15, -0.1) is 17.5 Å². The van der Waals surface area contributed by atoms with Gasteiger partial charge in [-0.05, 0) is 86.0 Å². The van der Waals surface area contributed by atoms with Crippen LogP contribution in [0.25, 0.3) is 0 Å². The Kier molecular flexibility index (Phi) is 12.1. The molecule has 274 valence electrons. The third kappa shape index (κ3) is 8.06. The molecule has 1 saturated heterocycles. The van der Waals surface area contributed by atoms with E-state index in [1.165, 1.54) is 33.3 Å². The first-order valence-corrected chi connectivity index (χ1v) is 16.9. The molecule has 0 amide bonds. The number of carbonyl (C=O) groups excluding carboxylic acids is 4. The number of fused-ring (bicyclic) bond motifs is 5. The minimum atomic E-state index is -1.26. The van der Waals surface area contributed by atoms with E-state index in [4.69, 9.17) is 39.9 Å². The minimum absolute atomic E-state index is 0. The molecule has 0 aromatic rings. The van der Waals surface area contributed by atoms with E-state index in [0.29, 0.717) is 17.8 Å². The van der Waals surface area contributed by atoms with Crippen LogP contribution in [-0.4, -0.2) is 79.0 Å². The molecule has 11 unspecified atom stereocenters. The third-order valence-corrected chi connectivity index (χ3v) is 11.4. The zero-order valence-corrected chi connectivity index (χ0v) is 30.0. The van der Waals surface area contributed by atoms with Crippen molar-refractivity contribution in [2.24, 2.45) is 50.3 Å².